The van der Waals surface area contributed by atoms with Crippen molar-refractivity contribution in [1.29, 1.82) is 0 Å². The maximum absolute atomic E-state index is 4.62. The van der Waals surface area contributed by atoms with Crippen LogP contribution in [0.3, 0.4) is 0 Å². The molecule has 2 nitrogen and oxygen atoms in total. The summed E-state index contributed by atoms with van der Waals surface area (Å²) >= 11 is 0. The van der Waals surface area contributed by atoms with E-state index in [2.05, 4.69) is 176 Å². The van der Waals surface area contributed by atoms with Crippen LogP contribution in [0.15, 0.2) is 152 Å². The van der Waals surface area contributed by atoms with Gasteiger partial charge in [0.15, 0.2) is 0 Å². The Hall–Kier alpha value is -5.34. The highest BCUT2D eigenvalue weighted by Crippen LogP contribution is 2.48. The summed E-state index contributed by atoms with van der Waals surface area (Å²) in [4.78, 5) is 4.65. The summed E-state index contributed by atoms with van der Waals surface area (Å²) < 4.78 is 0. The third kappa shape index (κ3) is 4.57. The van der Waals surface area contributed by atoms with Crippen LogP contribution in [-0.4, -0.2) is 0 Å². The van der Waals surface area contributed by atoms with Crippen molar-refractivity contribution >= 4 is 39.7 Å². The van der Waals surface area contributed by atoms with Gasteiger partial charge in [0.2, 0.25) is 0 Å². The van der Waals surface area contributed by atoms with Gasteiger partial charge in [0, 0.05) is 34.1 Å². The van der Waals surface area contributed by atoms with Crippen molar-refractivity contribution in [3.05, 3.63) is 174 Å². The zero-order valence-electron chi connectivity index (χ0n) is 24.0. The highest BCUT2D eigenvalue weighted by atomic mass is 15.1. The lowest BCUT2D eigenvalue weighted by molar-refractivity contribution is 1.27. The van der Waals surface area contributed by atoms with E-state index in [1.807, 2.05) is 0 Å². The van der Waals surface area contributed by atoms with Crippen molar-refractivity contribution in [1.82, 2.24) is 0 Å². The molecule has 0 saturated heterocycles. The molecule has 0 aromatic heterocycles. The summed E-state index contributed by atoms with van der Waals surface area (Å²) in [5, 5.41) is 0. The van der Waals surface area contributed by atoms with Crippen LogP contribution in [0.25, 0.3) is 16.7 Å². The molecule has 0 bridgehead atoms. The molecule has 0 unspecified atom stereocenters. The van der Waals surface area contributed by atoms with E-state index in [1.165, 1.54) is 33.4 Å². The molecule has 6 aromatic rings. The van der Waals surface area contributed by atoms with E-state index in [-0.39, 0.29) is 0 Å². The van der Waals surface area contributed by atoms with Crippen LogP contribution in [0, 0.1) is 13.8 Å². The maximum atomic E-state index is 4.62. The van der Waals surface area contributed by atoms with Gasteiger partial charge in [0.1, 0.15) is 0 Å². The van der Waals surface area contributed by atoms with E-state index in [0.717, 1.165) is 39.7 Å². The normalized spacial score (nSPS) is 11.6. The van der Waals surface area contributed by atoms with Crippen LogP contribution >= 0.6 is 0 Å². The molecule has 42 heavy (non-hydrogen) atoms. The molecular formula is C40H32N2. The van der Waals surface area contributed by atoms with Gasteiger partial charge >= 0.3 is 0 Å². The Balaban J connectivity index is 1.32. The van der Waals surface area contributed by atoms with Gasteiger partial charge in [-0.05, 0) is 126 Å². The largest absolute Gasteiger partial charge is 0.310 e. The molecule has 0 fully saturated rings. The SMILES string of the molecule is C=C1c2cc(N(c3ccccc3)c3cccc(C)c3)ccc2-c2ccc(N(c3ccccc3)c3cccc(C)c3)cc21. The van der Waals surface area contributed by atoms with Gasteiger partial charge in [0.25, 0.3) is 0 Å². The third-order valence-electron chi connectivity index (χ3n) is 8.01. The quantitative estimate of drug-likeness (QED) is 0.207. The highest BCUT2D eigenvalue weighted by Gasteiger charge is 2.25. The Bertz CT molecular complexity index is 1780. The molecule has 0 N–H and O–H groups in total. The zero-order valence-corrected chi connectivity index (χ0v) is 24.0. The van der Waals surface area contributed by atoms with E-state index in [4.69, 9.17) is 0 Å². The number of aryl methyl sites for hydroxylation is 2. The van der Waals surface area contributed by atoms with Gasteiger partial charge in [0.05, 0.1) is 0 Å². The molecule has 0 spiro atoms. The Morgan fingerprint density at radius 3 is 1.14 bits per heavy atom. The molecule has 0 heterocycles. The van der Waals surface area contributed by atoms with Crippen molar-refractivity contribution in [3.8, 4) is 11.1 Å². The summed E-state index contributed by atoms with van der Waals surface area (Å²) in [7, 11) is 0. The fourth-order valence-corrected chi connectivity index (χ4v) is 6.04. The topological polar surface area (TPSA) is 6.48 Å². The number of para-hydroxylation sites is 2. The van der Waals surface area contributed by atoms with E-state index >= 15 is 0 Å². The smallest absolute Gasteiger partial charge is 0.0468 e. The second-order valence-corrected chi connectivity index (χ2v) is 11.0. The first kappa shape index (κ1) is 25.6. The van der Waals surface area contributed by atoms with Crippen LogP contribution in [-0.2, 0) is 0 Å². The lowest BCUT2D eigenvalue weighted by Crippen LogP contribution is -2.10. The third-order valence-corrected chi connectivity index (χ3v) is 8.01. The molecule has 0 saturated carbocycles. The minimum absolute atomic E-state index is 1.05. The van der Waals surface area contributed by atoms with Gasteiger partial charge in [-0.25, -0.2) is 0 Å². The second-order valence-electron chi connectivity index (χ2n) is 11.0. The molecule has 6 aromatic carbocycles. The molecular weight excluding hydrogens is 508 g/mol. The number of benzene rings is 6. The van der Waals surface area contributed by atoms with E-state index in [1.54, 1.807) is 0 Å². The summed E-state index contributed by atoms with van der Waals surface area (Å²) in [6, 6.07) is 52.0. The first-order valence-electron chi connectivity index (χ1n) is 14.4. The minimum Gasteiger partial charge on any atom is -0.310 e. The summed E-state index contributed by atoms with van der Waals surface area (Å²) in [6.45, 7) is 8.90. The first-order chi connectivity index (χ1) is 20.6. The molecule has 0 aliphatic heterocycles. The van der Waals surface area contributed by atoms with Crippen molar-refractivity contribution in [3.63, 3.8) is 0 Å². The van der Waals surface area contributed by atoms with Crippen LogP contribution in [0.2, 0.25) is 0 Å². The average Bonchev–Trinajstić information content (AvgIpc) is 3.29. The predicted molar refractivity (Wildman–Crippen MR) is 179 cm³/mol. The average molecular weight is 541 g/mol. The van der Waals surface area contributed by atoms with Crippen molar-refractivity contribution in [2.75, 3.05) is 9.80 Å². The number of hydrogen-bond donors (Lipinski definition) is 0. The number of anilines is 6. The molecule has 0 atom stereocenters. The monoisotopic (exact) mass is 540 g/mol. The van der Waals surface area contributed by atoms with Gasteiger partial charge in [-0.2, -0.15) is 0 Å². The molecule has 0 radical (unpaired) electrons. The van der Waals surface area contributed by atoms with Crippen LogP contribution in [0.5, 0.6) is 0 Å². The molecule has 202 valence electrons. The Morgan fingerprint density at radius 2 is 0.738 bits per heavy atom. The summed E-state index contributed by atoms with van der Waals surface area (Å²) in [6.07, 6.45) is 0. The fourth-order valence-electron chi connectivity index (χ4n) is 6.04. The molecule has 1 aliphatic carbocycles. The Labute approximate surface area is 248 Å². The van der Waals surface area contributed by atoms with Gasteiger partial charge in [-0.1, -0.05) is 79.4 Å². The van der Waals surface area contributed by atoms with Crippen LogP contribution in [0.1, 0.15) is 22.3 Å². The minimum atomic E-state index is 1.05. The second kappa shape index (κ2) is 10.6. The standard InChI is InChI=1S/C40H32N2/c1-28-12-10-18-33(24-28)41(31-14-6-4-7-15-31)35-20-22-37-38-23-21-36(27-40(38)30(3)39(37)26-35)42(32-16-8-5-9-17-32)34-19-11-13-29(2)25-34/h4-27H,3H2,1-2H3. The van der Waals surface area contributed by atoms with Gasteiger partial charge in [-0.15, -0.1) is 0 Å². The van der Waals surface area contributed by atoms with E-state index < -0.39 is 0 Å². The van der Waals surface area contributed by atoms with Crippen molar-refractivity contribution in [2.24, 2.45) is 0 Å². The van der Waals surface area contributed by atoms with Gasteiger partial charge in [-0.3, -0.25) is 0 Å². The lowest BCUT2D eigenvalue weighted by atomic mass is 10.0. The predicted octanol–water partition coefficient (Wildman–Crippen LogP) is 11.3. The van der Waals surface area contributed by atoms with Crippen LogP contribution in [0.4, 0.5) is 34.1 Å². The summed E-state index contributed by atoms with van der Waals surface area (Å²) in [5.74, 6) is 0. The number of rotatable bonds is 6. The Kier molecular flexibility index (Phi) is 6.45. The van der Waals surface area contributed by atoms with Gasteiger partial charge < -0.3 is 9.80 Å². The van der Waals surface area contributed by atoms with E-state index in [9.17, 15) is 0 Å². The highest BCUT2D eigenvalue weighted by molar-refractivity contribution is 6.03. The van der Waals surface area contributed by atoms with Crippen molar-refractivity contribution < 1.29 is 0 Å². The summed E-state index contributed by atoms with van der Waals surface area (Å²) in [5.41, 5.74) is 15.1. The fraction of sp³-hybridized carbons (Fsp3) is 0.0500. The number of fused-ring (bicyclic) bond motifs is 3. The number of nitrogens with zero attached hydrogens (tertiary/aromatic N) is 2. The molecule has 0 amide bonds. The first-order valence-corrected chi connectivity index (χ1v) is 14.4. The van der Waals surface area contributed by atoms with Crippen LogP contribution < -0.4 is 9.80 Å². The van der Waals surface area contributed by atoms with Crippen molar-refractivity contribution in [2.45, 2.75) is 13.8 Å². The molecule has 2 heteroatoms. The number of hydrogen-bond acceptors (Lipinski definition) is 2. The molecule has 1 aliphatic rings. The maximum Gasteiger partial charge on any atom is 0.0468 e. The van der Waals surface area contributed by atoms with E-state index in [0.29, 0.717) is 0 Å². The lowest BCUT2D eigenvalue weighted by Gasteiger charge is -2.26. The Morgan fingerprint density at radius 1 is 0.357 bits per heavy atom. The zero-order chi connectivity index (χ0) is 28.6. The molecule has 7 rings (SSSR count).